The highest BCUT2D eigenvalue weighted by Crippen LogP contribution is 2.28. The zero-order chi connectivity index (χ0) is 13.1. The van der Waals surface area contributed by atoms with E-state index >= 15 is 0 Å². The molecule has 1 aromatic carbocycles. The van der Waals surface area contributed by atoms with Crippen LogP contribution in [0.5, 0.6) is 0 Å². The van der Waals surface area contributed by atoms with E-state index in [0.717, 1.165) is 17.7 Å². The van der Waals surface area contributed by atoms with E-state index in [1.807, 2.05) is 11.4 Å². The average Bonchev–Trinajstić information content (AvgIpc) is 2.72. The Labute approximate surface area is 119 Å². The van der Waals surface area contributed by atoms with Crippen LogP contribution in [0.25, 0.3) is 11.3 Å². The van der Waals surface area contributed by atoms with E-state index in [1.54, 1.807) is 16.7 Å². The lowest BCUT2D eigenvalue weighted by Crippen LogP contribution is -2.16. The summed E-state index contributed by atoms with van der Waals surface area (Å²) in [6.07, 6.45) is 0.769. The van der Waals surface area contributed by atoms with Crippen molar-refractivity contribution in [2.75, 3.05) is 6.54 Å². The van der Waals surface area contributed by atoms with E-state index in [1.165, 1.54) is 11.3 Å². The highest BCUT2D eigenvalue weighted by Gasteiger charge is 2.10. The van der Waals surface area contributed by atoms with Gasteiger partial charge < -0.3 is 5.73 Å². The summed E-state index contributed by atoms with van der Waals surface area (Å²) in [4.78, 5) is 11.8. The minimum atomic E-state index is 0.0181. The summed E-state index contributed by atoms with van der Waals surface area (Å²) in [5.41, 5.74) is 7.22. The molecular formula is C12H12Cl2N2OS. The molecule has 0 aliphatic rings. The molecule has 0 saturated heterocycles. The number of hydrogen-bond acceptors (Lipinski definition) is 3. The van der Waals surface area contributed by atoms with E-state index in [9.17, 15) is 4.79 Å². The topological polar surface area (TPSA) is 48.0 Å². The number of nitrogens with two attached hydrogens (primary N) is 1. The van der Waals surface area contributed by atoms with Crippen molar-refractivity contribution in [3.63, 3.8) is 0 Å². The van der Waals surface area contributed by atoms with Crippen LogP contribution in [0.15, 0.2) is 28.4 Å². The number of aromatic nitrogens is 1. The summed E-state index contributed by atoms with van der Waals surface area (Å²) in [7, 11) is 0. The Kier molecular flexibility index (Phi) is 4.45. The first-order chi connectivity index (χ1) is 8.63. The molecule has 0 spiro atoms. The smallest absolute Gasteiger partial charge is 0.307 e. The fraction of sp³-hybridized carbons (Fsp3) is 0.250. The van der Waals surface area contributed by atoms with Gasteiger partial charge in [0.2, 0.25) is 0 Å². The van der Waals surface area contributed by atoms with Crippen molar-refractivity contribution in [2.24, 2.45) is 5.73 Å². The monoisotopic (exact) mass is 302 g/mol. The fourth-order valence-electron chi connectivity index (χ4n) is 1.67. The maximum absolute atomic E-state index is 11.8. The fourth-order valence-corrected chi connectivity index (χ4v) is 2.76. The Morgan fingerprint density at radius 2 is 2.06 bits per heavy atom. The predicted molar refractivity (Wildman–Crippen MR) is 77.7 cm³/mol. The Morgan fingerprint density at radius 3 is 2.72 bits per heavy atom. The third kappa shape index (κ3) is 2.78. The summed E-state index contributed by atoms with van der Waals surface area (Å²) in [5.74, 6) is 0. The molecule has 1 heterocycles. The van der Waals surface area contributed by atoms with E-state index < -0.39 is 0 Å². The Hall–Kier alpha value is -0.810. The molecule has 0 aliphatic heterocycles. The van der Waals surface area contributed by atoms with Crippen molar-refractivity contribution in [2.45, 2.75) is 13.0 Å². The highest BCUT2D eigenvalue weighted by molar-refractivity contribution is 7.07. The first-order valence-corrected chi connectivity index (χ1v) is 7.11. The molecule has 0 amide bonds. The molecule has 0 atom stereocenters. The van der Waals surface area contributed by atoms with Crippen LogP contribution in [0.4, 0.5) is 0 Å². The predicted octanol–water partition coefficient (Wildman–Crippen LogP) is 3.23. The van der Waals surface area contributed by atoms with Gasteiger partial charge in [-0.2, -0.15) is 0 Å². The van der Waals surface area contributed by atoms with E-state index in [4.69, 9.17) is 28.9 Å². The van der Waals surface area contributed by atoms with Crippen molar-refractivity contribution in [3.05, 3.63) is 43.3 Å². The standard InChI is InChI=1S/C12H12Cl2N2OS/c13-9-3-2-8(6-10(9)14)11-7-18-12(17)16(11)5-1-4-15/h2-3,6-7H,1,4-5,15H2. The van der Waals surface area contributed by atoms with Crippen molar-refractivity contribution >= 4 is 34.5 Å². The number of halogens is 2. The van der Waals surface area contributed by atoms with Crippen LogP contribution in [0.2, 0.25) is 10.0 Å². The lowest BCUT2D eigenvalue weighted by molar-refractivity contribution is 0.648. The van der Waals surface area contributed by atoms with Crippen LogP contribution in [0.1, 0.15) is 6.42 Å². The maximum atomic E-state index is 11.8. The molecule has 96 valence electrons. The second kappa shape index (κ2) is 5.89. The van der Waals surface area contributed by atoms with Crippen molar-refractivity contribution < 1.29 is 0 Å². The minimum Gasteiger partial charge on any atom is -0.330 e. The Balaban J connectivity index is 2.43. The van der Waals surface area contributed by atoms with E-state index in [0.29, 0.717) is 23.1 Å². The lowest BCUT2D eigenvalue weighted by Gasteiger charge is -2.07. The molecule has 2 aromatic rings. The normalized spacial score (nSPS) is 10.8. The van der Waals surface area contributed by atoms with Gasteiger partial charge >= 0.3 is 4.87 Å². The number of rotatable bonds is 4. The van der Waals surface area contributed by atoms with Crippen LogP contribution >= 0.6 is 34.5 Å². The molecule has 0 radical (unpaired) electrons. The molecule has 0 aliphatic carbocycles. The lowest BCUT2D eigenvalue weighted by atomic mass is 10.1. The van der Waals surface area contributed by atoms with Gasteiger partial charge in [0.1, 0.15) is 0 Å². The number of hydrogen-bond donors (Lipinski definition) is 1. The second-order valence-corrected chi connectivity index (χ2v) is 5.44. The summed E-state index contributed by atoms with van der Waals surface area (Å²) in [5, 5.41) is 2.82. The molecule has 3 nitrogen and oxygen atoms in total. The number of benzene rings is 1. The molecule has 0 fully saturated rings. The van der Waals surface area contributed by atoms with E-state index in [-0.39, 0.29) is 4.87 Å². The minimum absolute atomic E-state index is 0.0181. The van der Waals surface area contributed by atoms with Gasteiger partial charge in [-0.25, -0.2) is 0 Å². The molecule has 0 saturated carbocycles. The SMILES string of the molecule is NCCCn1c(-c2ccc(Cl)c(Cl)c2)csc1=O. The zero-order valence-electron chi connectivity index (χ0n) is 9.53. The summed E-state index contributed by atoms with van der Waals surface area (Å²) in [6.45, 7) is 1.18. The Bertz CT molecular complexity index is 606. The average molecular weight is 303 g/mol. The van der Waals surface area contributed by atoms with Gasteiger partial charge in [0, 0.05) is 17.5 Å². The van der Waals surface area contributed by atoms with Crippen LogP contribution in [-0.2, 0) is 6.54 Å². The quantitative estimate of drug-likeness (QED) is 0.942. The highest BCUT2D eigenvalue weighted by atomic mass is 35.5. The molecule has 6 heteroatoms. The summed E-state index contributed by atoms with van der Waals surface area (Å²) >= 11 is 13.1. The van der Waals surface area contributed by atoms with Crippen LogP contribution < -0.4 is 10.6 Å². The van der Waals surface area contributed by atoms with Crippen molar-refractivity contribution in [3.8, 4) is 11.3 Å². The first kappa shape index (κ1) is 13.6. The Morgan fingerprint density at radius 1 is 1.28 bits per heavy atom. The van der Waals surface area contributed by atoms with Gasteiger partial charge in [-0.1, -0.05) is 40.6 Å². The first-order valence-electron chi connectivity index (χ1n) is 5.47. The third-order valence-corrected chi connectivity index (χ3v) is 4.09. The molecular weight excluding hydrogens is 291 g/mol. The van der Waals surface area contributed by atoms with Gasteiger partial charge in [-0.15, -0.1) is 0 Å². The molecule has 1 aromatic heterocycles. The molecule has 0 bridgehead atoms. The second-order valence-electron chi connectivity index (χ2n) is 3.81. The van der Waals surface area contributed by atoms with Gasteiger partial charge in [0.15, 0.2) is 0 Å². The van der Waals surface area contributed by atoms with Crippen LogP contribution in [0.3, 0.4) is 0 Å². The third-order valence-electron chi connectivity index (χ3n) is 2.58. The van der Waals surface area contributed by atoms with Gasteiger partial charge in [-0.3, -0.25) is 9.36 Å². The molecule has 18 heavy (non-hydrogen) atoms. The molecule has 2 N–H and O–H groups in total. The molecule has 0 unspecified atom stereocenters. The van der Waals surface area contributed by atoms with Gasteiger partial charge in [-0.05, 0) is 25.1 Å². The van der Waals surface area contributed by atoms with Crippen molar-refractivity contribution in [1.29, 1.82) is 0 Å². The van der Waals surface area contributed by atoms with E-state index in [2.05, 4.69) is 0 Å². The molecule has 2 rings (SSSR count). The largest absolute Gasteiger partial charge is 0.330 e. The van der Waals surface area contributed by atoms with Gasteiger partial charge in [0.05, 0.1) is 15.7 Å². The maximum Gasteiger partial charge on any atom is 0.307 e. The van der Waals surface area contributed by atoms with Gasteiger partial charge in [0.25, 0.3) is 0 Å². The summed E-state index contributed by atoms with van der Waals surface area (Å²) < 4.78 is 1.72. The van der Waals surface area contributed by atoms with Crippen molar-refractivity contribution in [1.82, 2.24) is 4.57 Å². The van der Waals surface area contributed by atoms with Crippen LogP contribution in [-0.4, -0.2) is 11.1 Å². The number of thiazole rings is 1. The number of nitrogens with zero attached hydrogens (tertiary/aromatic N) is 1. The summed E-state index contributed by atoms with van der Waals surface area (Å²) in [6, 6.07) is 5.35. The van der Waals surface area contributed by atoms with Crippen LogP contribution in [0, 0.1) is 0 Å². The zero-order valence-corrected chi connectivity index (χ0v) is 11.9.